The van der Waals surface area contributed by atoms with Crippen molar-refractivity contribution in [1.29, 1.82) is 0 Å². The van der Waals surface area contributed by atoms with Crippen LogP contribution in [0.25, 0.3) is 0 Å². The highest BCUT2D eigenvalue weighted by Gasteiger charge is 2.37. The SMILES string of the molecule is CCOc1ccc([B]OC(C)(C)C(C)(C)O)cc1C(F)(F)F. The van der Waals surface area contributed by atoms with Crippen molar-refractivity contribution in [2.24, 2.45) is 0 Å². The van der Waals surface area contributed by atoms with E-state index in [4.69, 9.17) is 9.39 Å². The van der Waals surface area contributed by atoms with Gasteiger partial charge >= 0.3 is 13.7 Å². The van der Waals surface area contributed by atoms with Crippen LogP contribution in [0.4, 0.5) is 13.2 Å². The standard InChI is InChI=1S/C15H21BF3O3/c1-6-21-12-8-7-10(9-11(12)15(17,18)19)16-22-14(4,5)13(2,3)20/h7-9,20H,6H2,1-5H3. The number of hydrogen-bond acceptors (Lipinski definition) is 3. The lowest BCUT2D eigenvalue weighted by molar-refractivity contribution is -0.138. The van der Waals surface area contributed by atoms with E-state index in [9.17, 15) is 18.3 Å². The number of aliphatic hydroxyl groups is 1. The van der Waals surface area contributed by atoms with Gasteiger partial charge in [0.2, 0.25) is 0 Å². The maximum atomic E-state index is 13.0. The van der Waals surface area contributed by atoms with Gasteiger partial charge in [-0.25, -0.2) is 0 Å². The molecule has 0 atom stereocenters. The Kier molecular flexibility index (Phi) is 5.57. The summed E-state index contributed by atoms with van der Waals surface area (Å²) in [5, 5.41) is 9.98. The van der Waals surface area contributed by atoms with Crippen molar-refractivity contribution in [2.45, 2.75) is 52.0 Å². The molecule has 1 rings (SSSR count). The van der Waals surface area contributed by atoms with Gasteiger partial charge in [-0.3, -0.25) is 0 Å². The average molecular weight is 317 g/mol. The van der Waals surface area contributed by atoms with Gasteiger partial charge in [-0.05, 0) is 46.8 Å². The Morgan fingerprint density at radius 1 is 1.14 bits per heavy atom. The summed E-state index contributed by atoms with van der Waals surface area (Å²) in [4.78, 5) is 0. The van der Waals surface area contributed by atoms with Gasteiger partial charge in [0.05, 0.1) is 23.4 Å². The van der Waals surface area contributed by atoms with E-state index in [2.05, 4.69) is 0 Å². The predicted octanol–water partition coefficient (Wildman–Crippen LogP) is 2.91. The van der Waals surface area contributed by atoms with Gasteiger partial charge in [0.1, 0.15) is 5.75 Å². The van der Waals surface area contributed by atoms with E-state index in [0.29, 0.717) is 0 Å². The van der Waals surface area contributed by atoms with Gasteiger partial charge < -0.3 is 14.5 Å². The van der Waals surface area contributed by atoms with E-state index in [-0.39, 0.29) is 17.8 Å². The molecule has 1 aromatic rings. The lowest BCUT2D eigenvalue weighted by atomic mass is 9.82. The number of benzene rings is 1. The zero-order valence-electron chi connectivity index (χ0n) is 13.4. The minimum atomic E-state index is -4.51. The molecule has 0 bridgehead atoms. The van der Waals surface area contributed by atoms with Crippen molar-refractivity contribution in [3.8, 4) is 5.75 Å². The first kappa shape index (κ1) is 18.8. The van der Waals surface area contributed by atoms with Crippen LogP contribution in [-0.4, -0.2) is 30.4 Å². The smallest absolute Gasteiger partial charge is 0.419 e. The van der Waals surface area contributed by atoms with Crippen LogP contribution in [0.2, 0.25) is 0 Å². The third kappa shape index (κ3) is 4.65. The Morgan fingerprint density at radius 2 is 1.73 bits per heavy atom. The second-order valence-electron chi connectivity index (χ2n) is 5.99. The van der Waals surface area contributed by atoms with Crippen molar-refractivity contribution < 1.29 is 27.7 Å². The minimum Gasteiger partial charge on any atom is -0.493 e. The Hall–Kier alpha value is -1.21. The third-order valence-corrected chi connectivity index (χ3v) is 3.57. The van der Waals surface area contributed by atoms with Crippen LogP contribution >= 0.6 is 0 Å². The third-order valence-electron chi connectivity index (χ3n) is 3.57. The molecule has 0 aliphatic rings. The van der Waals surface area contributed by atoms with Gasteiger partial charge in [0, 0.05) is 0 Å². The van der Waals surface area contributed by atoms with Crippen LogP contribution in [0.1, 0.15) is 40.2 Å². The van der Waals surface area contributed by atoms with E-state index in [1.54, 1.807) is 34.6 Å². The lowest BCUT2D eigenvalue weighted by Crippen LogP contribution is -2.49. The van der Waals surface area contributed by atoms with Crippen molar-refractivity contribution in [2.75, 3.05) is 6.61 Å². The molecule has 7 heteroatoms. The molecule has 0 aromatic heterocycles. The maximum Gasteiger partial charge on any atom is 0.419 e. The molecule has 22 heavy (non-hydrogen) atoms. The minimum absolute atomic E-state index is 0.147. The predicted molar refractivity (Wildman–Crippen MR) is 79.5 cm³/mol. The molecule has 1 N–H and O–H groups in total. The van der Waals surface area contributed by atoms with Crippen LogP contribution in [0, 0.1) is 0 Å². The molecule has 0 saturated heterocycles. The zero-order chi connectivity index (χ0) is 17.2. The number of alkyl halides is 3. The highest BCUT2D eigenvalue weighted by Crippen LogP contribution is 2.35. The Labute approximate surface area is 129 Å². The summed E-state index contributed by atoms with van der Waals surface area (Å²) in [6.45, 7) is 8.22. The van der Waals surface area contributed by atoms with Crippen molar-refractivity contribution in [3.63, 3.8) is 0 Å². The maximum absolute atomic E-state index is 13.0. The van der Waals surface area contributed by atoms with Crippen molar-refractivity contribution >= 4 is 12.9 Å². The first-order valence-electron chi connectivity index (χ1n) is 6.96. The Balaban J connectivity index is 2.99. The van der Waals surface area contributed by atoms with E-state index in [1.807, 2.05) is 0 Å². The van der Waals surface area contributed by atoms with Crippen LogP contribution < -0.4 is 10.2 Å². The van der Waals surface area contributed by atoms with Gasteiger partial charge in [0.25, 0.3) is 0 Å². The fraction of sp³-hybridized carbons (Fsp3) is 0.600. The summed E-state index contributed by atoms with van der Waals surface area (Å²) in [5.74, 6) is -0.214. The molecule has 3 nitrogen and oxygen atoms in total. The summed E-state index contributed by atoms with van der Waals surface area (Å²) >= 11 is 0. The first-order valence-corrected chi connectivity index (χ1v) is 6.96. The highest BCUT2D eigenvalue weighted by molar-refractivity contribution is 6.47. The quantitative estimate of drug-likeness (QED) is 0.820. The molecule has 0 aliphatic carbocycles. The number of ether oxygens (including phenoxy) is 1. The molecule has 0 heterocycles. The van der Waals surface area contributed by atoms with Crippen LogP contribution in [0.15, 0.2) is 18.2 Å². The molecule has 123 valence electrons. The second kappa shape index (κ2) is 6.50. The number of halogens is 3. The topological polar surface area (TPSA) is 38.7 Å². The normalized spacial score (nSPS) is 13.1. The van der Waals surface area contributed by atoms with E-state index in [0.717, 1.165) is 6.07 Å². The first-order chi connectivity index (χ1) is 9.88. The van der Waals surface area contributed by atoms with Crippen LogP contribution in [0.5, 0.6) is 5.75 Å². The molecular formula is C15H21BF3O3. The van der Waals surface area contributed by atoms with E-state index in [1.165, 1.54) is 19.6 Å². The largest absolute Gasteiger partial charge is 0.493 e. The van der Waals surface area contributed by atoms with E-state index >= 15 is 0 Å². The van der Waals surface area contributed by atoms with Gasteiger partial charge in [-0.15, -0.1) is 0 Å². The second-order valence-corrected chi connectivity index (χ2v) is 5.99. The average Bonchev–Trinajstić information content (AvgIpc) is 2.35. The molecular weight excluding hydrogens is 296 g/mol. The van der Waals surface area contributed by atoms with Crippen LogP contribution in [-0.2, 0) is 10.8 Å². The molecule has 0 fully saturated rings. The van der Waals surface area contributed by atoms with E-state index < -0.39 is 22.9 Å². The Morgan fingerprint density at radius 3 is 2.18 bits per heavy atom. The summed E-state index contributed by atoms with van der Waals surface area (Å²) in [7, 11) is 1.21. The fourth-order valence-corrected chi connectivity index (χ4v) is 1.48. The number of rotatable bonds is 6. The summed E-state index contributed by atoms with van der Waals surface area (Å²) in [6, 6.07) is 3.70. The summed E-state index contributed by atoms with van der Waals surface area (Å²) in [5.41, 5.74) is -2.72. The lowest BCUT2D eigenvalue weighted by Gasteiger charge is -2.37. The molecule has 0 aliphatic heterocycles. The fourth-order valence-electron chi connectivity index (χ4n) is 1.48. The molecule has 0 saturated carbocycles. The van der Waals surface area contributed by atoms with Gasteiger partial charge in [-0.2, -0.15) is 13.2 Å². The Bertz CT molecular complexity index is 508. The summed E-state index contributed by atoms with van der Waals surface area (Å²) < 4.78 is 49.6. The monoisotopic (exact) mass is 317 g/mol. The molecule has 1 radical (unpaired) electrons. The van der Waals surface area contributed by atoms with Gasteiger partial charge in [-0.1, -0.05) is 11.5 Å². The number of hydrogen-bond donors (Lipinski definition) is 1. The summed E-state index contributed by atoms with van der Waals surface area (Å²) in [6.07, 6.45) is -4.51. The molecule has 0 amide bonds. The molecule has 1 aromatic carbocycles. The zero-order valence-corrected chi connectivity index (χ0v) is 13.4. The van der Waals surface area contributed by atoms with Crippen LogP contribution in [0.3, 0.4) is 0 Å². The van der Waals surface area contributed by atoms with Gasteiger partial charge in [0.15, 0.2) is 0 Å². The van der Waals surface area contributed by atoms with Crippen molar-refractivity contribution in [3.05, 3.63) is 23.8 Å². The highest BCUT2D eigenvalue weighted by atomic mass is 19.4. The molecule has 0 spiro atoms. The van der Waals surface area contributed by atoms with Crippen molar-refractivity contribution in [1.82, 2.24) is 0 Å². The molecule has 0 unspecified atom stereocenters.